The number of nitrogens with one attached hydrogen (secondary N) is 1. The van der Waals surface area contributed by atoms with Crippen LogP contribution < -0.4 is 10.2 Å². The van der Waals surface area contributed by atoms with Gasteiger partial charge in [0.05, 0.1) is 18.7 Å². The number of ether oxygens (including phenoxy) is 1. The first kappa shape index (κ1) is 23.1. The highest BCUT2D eigenvalue weighted by Gasteiger charge is 2.27. The highest BCUT2D eigenvalue weighted by atomic mass is 35.5. The van der Waals surface area contributed by atoms with Gasteiger partial charge < -0.3 is 15.0 Å². The first-order chi connectivity index (χ1) is 15.5. The average Bonchev–Trinajstić information content (AvgIpc) is 2.95. The molecule has 172 valence electrons. The Morgan fingerprint density at radius 3 is 2.50 bits per heavy atom. The summed E-state index contributed by atoms with van der Waals surface area (Å²) in [6.45, 7) is 5.79. The topological polar surface area (TPSA) is 61.9 Å². The van der Waals surface area contributed by atoms with Gasteiger partial charge in [0.15, 0.2) is 0 Å². The summed E-state index contributed by atoms with van der Waals surface area (Å²) in [4.78, 5) is 31.2. The number of aryl methyl sites for hydroxylation is 1. The van der Waals surface area contributed by atoms with E-state index in [4.69, 9.17) is 16.3 Å². The monoisotopic (exact) mass is 475 g/mol. The van der Waals surface area contributed by atoms with Crippen LogP contribution in [-0.4, -0.2) is 56.1 Å². The van der Waals surface area contributed by atoms with E-state index < -0.39 is 0 Å². The first-order valence-electron chi connectivity index (χ1n) is 11.4. The van der Waals surface area contributed by atoms with Crippen molar-refractivity contribution >= 4 is 45.5 Å². The smallest absolute Gasteiger partial charge is 0.341 e. The normalized spacial score (nSPS) is 16.9. The molecule has 1 amide bonds. The fourth-order valence-electron chi connectivity index (χ4n) is 4.44. The van der Waals surface area contributed by atoms with Crippen LogP contribution in [0.1, 0.15) is 47.0 Å². The number of hydrogen-bond acceptors (Lipinski definition) is 6. The van der Waals surface area contributed by atoms with Crippen molar-refractivity contribution in [3.05, 3.63) is 45.3 Å². The molecule has 4 rings (SSSR count). The van der Waals surface area contributed by atoms with E-state index in [0.29, 0.717) is 23.7 Å². The van der Waals surface area contributed by atoms with Gasteiger partial charge in [-0.15, -0.1) is 11.3 Å². The molecule has 0 unspecified atom stereocenters. The van der Waals surface area contributed by atoms with Gasteiger partial charge in [0, 0.05) is 41.8 Å². The third-order valence-corrected chi connectivity index (χ3v) is 7.54. The number of piperazine rings is 1. The van der Waals surface area contributed by atoms with Crippen LogP contribution in [0.5, 0.6) is 0 Å². The predicted octanol–water partition coefficient (Wildman–Crippen LogP) is 4.61. The molecule has 0 saturated carbocycles. The maximum atomic E-state index is 12.9. The number of esters is 1. The molecule has 8 heteroatoms. The first-order valence-corrected chi connectivity index (χ1v) is 12.6. The van der Waals surface area contributed by atoms with E-state index >= 15 is 0 Å². The number of fused-ring (bicyclic) bond motifs is 1. The fourth-order valence-corrected chi connectivity index (χ4v) is 5.85. The highest BCUT2D eigenvalue weighted by molar-refractivity contribution is 7.17. The van der Waals surface area contributed by atoms with Gasteiger partial charge in [-0.1, -0.05) is 18.0 Å². The summed E-state index contributed by atoms with van der Waals surface area (Å²) in [5.41, 5.74) is 2.81. The minimum absolute atomic E-state index is 0.0769. The van der Waals surface area contributed by atoms with Crippen molar-refractivity contribution in [3.63, 3.8) is 0 Å². The molecule has 0 bridgehead atoms. The number of hydrogen-bond donors (Lipinski definition) is 1. The third-order valence-electron chi connectivity index (χ3n) is 6.09. The van der Waals surface area contributed by atoms with Gasteiger partial charge in [-0.05, 0) is 62.4 Å². The molecule has 1 saturated heterocycles. The van der Waals surface area contributed by atoms with E-state index in [1.165, 1.54) is 11.3 Å². The molecule has 1 aromatic carbocycles. The second kappa shape index (κ2) is 10.7. The fraction of sp³-hybridized carbons (Fsp3) is 0.500. The standard InChI is InChI=1S/C24H30ClN3O3S/c1-2-31-24(30)22-19-6-4-3-5-7-20(19)32-23(22)26-21(29)16-27-12-14-28(15-13-27)18-10-8-17(25)9-11-18/h8-11H,2-7,12-16H2,1H3,(H,26,29). The maximum absolute atomic E-state index is 12.9. The SMILES string of the molecule is CCOC(=O)c1c(NC(=O)CN2CCN(c3ccc(Cl)cc3)CC2)sc2c1CCCCC2. The van der Waals surface area contributed by atoms with Gasteiger partial charge >= 0.3 is 5.97 Å². The van der Waals surface area contributed by atoms with Crippen LogP contribution in [0.2, 0.25) is 5.02 Å². The van der Waals surface area contributed by atoms with Crippen LogP contribution in [0.25, 0.3) is 0 Å². The molecule has 2 heterocycles. The van der Waals surface area contributed by atoms with E-state index in [1.54, 1.807) is 11.3 Å². The summed E-state index contributed by atoms with van der Waals surface area (Å²) < 4.78 is 5.32. The summed E-state index contributed by atoms with van der Waals surface area (Å²) >= 11 is 7.54. The van der Waals surface area contributed by atoms with Gasteiger partial charge in [0.2, 0.25) is 5.91 Å². The number of rotatable bonds is 6. The van der Waals surface area contributed by atoms with Crippen molar-refractivity contribution in [2.45, 2.75) is 39.0 Å². The number of nitrogens with zero attached hydrogens (tertiary/aromatic N) is 2. The van der Waals surface area contributed by atoms with Crippen molar-refractivity contribution < 1.29 is 14.3 Å². The number of amides is 1. The lowest BCUT2D eigenvalue weighted by Crippen LogP contribution is -2.48. The molecule has 1 aliphatic heterocycles. The second-order valence-corrected chi connectivity index (χ2v) is 9.82. The Kier molecular flexibility index (Phi) is 7.71. The van der Waals surface area contributed by atoms with Gasteiger partial charge in [0.1, 0.15) is 5.00 Å². The molecular formula is C24H30ClN3O3S. The van der Waals surface area contributed by atoms with E-state index in [-0.39, 0.29) is 11.9 Å². The van der Waals surface area contributed by atoms with E-state index in [0.717, 1.165) is 68.1 Å². The predicted molar refractivity (Wildman–Crippen MR) is 130 cm³/mol. The van der Waals surface area contributed by atoms with Gasteiger partial charge in [-0.25, -0.2) is 4.79 Å². The number of benzene rings is 1. The Labute approximate surface area is 198 Å². The minimum atomic E-state index is -0.321. The molecule has 1 fully saturated rings. The van der Waals surface area contributed by atoms with E-state index in [1.807, 2.05) is 31.2 Å². The van der Waals surface area contributed by atoms with Crippen LogP contribution in [0.3, 0.4) is 0 Å². The van der Waals surface area contributed by atoms with Crippen LogP contribution >= 0.6 is 22.9 Å². The Morgan fingerprint density at radius 1 is 1.06 bits per heavy atom. The summed E-state index contributed by atoms with van der Waals surface area (Å²) in [6.07, 6.45) is 5.22. The van der Waals surface area contributed by atoms with Crippen molar-refractivity contribution in [1.82, 2.24) is 4.90 Å². The molecular weight excluding hydrogens is 446 g/mol. The molecule has 32 heavy (non-hydrogen) atoms. The average molecular weight is 476 g/mol. The van der Waals surface area contributed by atoms with Crippen LogP contribution in [0, 0.1) is 0 Å². The highest BCUT2D eigenvalue weighted by Crippen LogP contribution is 2.38. The number of carbonyl (C=O) groups is 2. The van der Waals surface area contributed by atoms with Crippen molar-refractivity contribution in [2.24, 2.45) is 0 Å². The molecule has 0 spiro atoms. The lowest BCUT2D eigenvalue weighted by molar-refractivity contribution is -0.117. The van der Waals surface area contributed by atoms with Crippen molar-refractivity contribution in [1.29, 1.82) is 0 Å². The second-order valence-electron chi connectivity index (χ2n) is 8.28. The molecule has 6 nitrogen and oxygen atoms in total. The molecule has 1 aromatic heterocycles. The molecule has 2 aromatic rings. The van der Waals surface area contributed by atoms with Gasteiger partial charge in [-0.3, -0.25) is 9.69 Å². The Balaban J connectivity index is 1.38. The quantitative estimate of drug-likeness (QED) is 0.488. The minimum Gasteiger partial charge on any atom is -0.462 e. The zero-order chi connectivity index (χ0) is 22.5. The summed E-state index contributed by atoms with van der Waals surface area (Å²) in [5.74, 6) is -0.398. The molecule has 0 radical (unpaired) electrons. The molecule has 1 aliphatic carbocycles. The molecule has 1 N–H and O–H groups in total. The lowest BCUT2D eigenvalue weighted by atomic mass is 10.1. The van der Waals surface area contributed by atoms with Crippen molar-refractivity contribution in [3.8, 4) is 0 Å². The number of anilines is 2. The zero-order valence-electron chi connectivity index (χ0n) is 18.5. The van der Waals surface area contributed by atoms with Gasteiger partial charge in [0.25, 0.3) is 0 Å². The summed E-state index contributed by atoms with van der Waals surface area (Å²) in [6, 6.07) is 7.87. The lowest BCUT2D eigenvalue weighted by Gasteiger charge is -2.35. The maximum Gasteiger partial charge on any atom is 0.341 e. The summed E-state index contributed by atoms with van der Waals surface area (Å²) in [7, 11) is 0. The Hall–Kier alpha value is -2.09. The number of halogens is 1. The van der Waals surface area contributed by atoms with Crippen LogP contribution in [0.15, 0.2) is 24.3 Å². The van der Waals surface area contributed by atoms with Crippen LogP contribution in [-0.2, 0) is 22.4 Å². The molecule has 2 aliphatic rings. The third kappa shape index (κ3) is 5.45. The number of carbonyl (C=O) groups excluding carboxylic acids is 2. The Bertz CT molecular complexity index is 952. The number of thiophene rings is 1. The van der Waals surface area contributed by atoms with Crippen molar-refractivity contribution in [2.75, 3.05) is 49.5 Å². The Morgan fingerprint density at radius 2 is 1.78 bits per heavy atom. The van der Waals surface area contributed by atoms with E-state index in [9.17, 15) is 9.59 Å². The largest absolute Gasteiger partial charge is 0.462 e. The van der Waals surface area contributed by atoms with E-state index in [2.05, 4.69) is 15.1 Å². The molecule has 0 atom stereocenters. The van der Waals surface area contributed by atoms with Crippen LogP contribution in [0.4, 0.5) is 10.7 Å². The summed E-state index contributed by atoms with van der Waals surface area (Å²) in [5, 5.41) is 4.42. The zero-order valence-corrected chi connectivity index (χ0v) is 20.1. The van der Waals surface area contributed by atoms with Gasteiger partial charge in [-0.2, -0.15) is 0 Å².